The molecule has 4 nitrogen and oxygen atoms in total. The van der Waals surface area contributed by atoms with Crippen molar-refractivity contribution in [1.82, 2.24) is 0 Å². The van der Waals surface area contributed by atoms with Crippen LogP contribution >= 0.6 is 11.8 Å². The van der Waals surface area contributed by atoms with E-state index in [1.165, 1.54) is 24.3 Å². The molecule has 1 fully saturated rings. The molecule has 0 unspecified atom stereocenters. The molecular formula is C18H14FNO3S. The largest absolute Gasteiger partial charge is 0.494 e. The normalized spacial score (nSPS) is 16.1. The number of carbonyl (C=O) groups is 2. The second-order valence-electron chi connectivity index (χ2n) is 5.00. The van der Waals surface area contributed by atoms with E-state index < -0.39 is 17.0 Å². The highest BCUT2D eigenvalue weighted by atomic mass is 32.2. The van der Waals surface area contributed by atoms with Crippen LogP contribution in [0.15, 0.2) is 53.4 Å². The summed E-state index contributed by atoms with van der Waals surface area (Å²) in [6, 6.07) is 12.5. The summed E-state index contributed by atoms with van der Waals surface area (Å²) in [5.41, 5.74) is 1.15. The van der Waals surface area contributed by atoms with Crippen LogP contribution in [-0.4, -0.2) is 17.8 Å². The lowest BCUT2D eigenvalue weighted by Gasteiger charge is -2.11. The summed E-state index contributed by atoms with van der Waals surface area (Å²) in [6.07, 6.45) is 1.66. The first-order valence-electron chi connectivity index (χ1n) is 7.35. The van der Waals surface area contributed by atoms with Gasteiger partial charge < -0.3 is 4.74 Å². The van der Waals surface area contributed by atoms with Gasteiger partial charge in [0.1, 0.15) is 11.6 Å². The highest BCUT2D eigenvalue weighted by Gasteiger charge is 2.36. The molecule has 0 N–H and O–H groups in total. The van der Waals surface area contributed by atoms with Crippen molar-refractivity contribution in [3.8, 4) is 5.75 Å². The highest BCUT2D eigenvalue weighted by molar-refractivity contribution is 8.19. The van der Waals surface area contributed by atoms with Crippen LogP contribution in [0.25, 0.3) is 6.08 Å². The molecule has 0 bridgehead atoms. The van der Waals surface area contributed by atoms with Crippen molar-refractivity contribution in [2.24, 2.45) is 0 Å². The summed E-state index contributed by atoms with van der Waals surface area (Å²) in [6.45, 7) is 2.48. The fourth-order valence-corrected chi connectivity index (χ4v) is 3.10. The second kappa shape index (κ2) is 6.88. The number of anilines is 1. The first-order chi connectivity index (χ1) is 11.6. The van der Waals surface area contributed by atoms with E-state index in [4.69, 9.17) is 4.74 Å². The molecular weight excluding hydrogens is 329 g/mol. The van der Waals surface area contributed by atoms with Crippen LogP contribution in [0.1, 0.15) is 12.5 Å². The number of hydrogen-bond acceptors (Lipinski definition) is 4. The molecule has 1 aliphatic heterocycles. The van der Waals surface area contributed by atoms with E-state index in [1.807, 2.05) is 19.1 Å². The summed E-state index contributed by atoms with van der Waals surface area (Å²) in [5, 5.41) is -0.399. The zero-order valence-electron chi connectivity index (χ0n) is 12.9. The van der Waals surface area contributed by atoms with Gasteiger partial charge in [0.25, 0.3) is 11.1 Å². The monoisotopic (exact) mass is 343 g/mol. The molecule has 122 valence electrons. The van der Waals surface area contributed by atoms with Gasteiger partial charge in [-0.25, -0.2) is 9.29 Å². The maximum atomic E-state index is 13.0. The minimum Gasteiger partial charge on any atom is -0.494 e. The smallest absolute Gasteiger partial charge is 0.298 e. The molecule has 6 heteroatoms. The maximum Gasteiger partial charge on any atom is 0.298 e. The van der Waals surface area contributed by atoms with Crippen LogP contribution in [0.4, 0.5) is 14.9 Å². The fourth-order valence-electron chi connectivity index (χ4n) is 2.26. The van der Waals surface area contributed by atoms with E-state index in [2.05, 4.69) is 0 Å². The van der Waals surface area contributed by atoms with Gasteiger partial charge in [0.05, 0.1) is 17.2 Å². The predicted molar refractivity (Wildman–Crippen MR) is 92.5 cm³/mol. The molecule has 0 spiro atoms. The molecule has 1 aliphatic rings. The predicted octanol–water partition coefficient (Wildman–Crippen LogP) is 4.47. The average molecular weight is 343 g/mol. The van der Waals surface area contributed by atoms with Gasteiger partial charge in [-0.05, 0) is 66.7 Å². The second-order valence-corrected chi connectivity index (χ2v) is 5.99. The number of imide groups is 1. The number of amides is 2. The summed E-state index contributed by atoms with van der Waals surface area (Å²) >= 11 is 0.864. The molecule has 3 rings (SSSR count). The number of benzene rings is 2. The summed E-state index contributed by atoms with van der Waals surface area (Å²) < 4.78 is 18.4. The Hall–Kier alpha value is -2.60. The van der Waals surface area contributed by atoms with Gasteiger partial charge in [0.15, 0.2) is 0 Å². The first kappa shape index (κ1) is 16.3. The van der Waals surface area contributed by atoms with E-state index in [0.29, 0.717) is 17.2 Å². The lowest BCUT2D eigenvalue weighted by molar-refractivity contribution is -0.113. The van der Waals surface area contributed by atoms with Crippen molar-refractivity contribution in [1.29, 1.82) is 0 Å². The molecule has 0 aliphatic carbocycles. The maximum absolute atomic E-state index is 13.0. The van der Waals surface area contributed by atoms with Gasteiger partial charge in [0.2, 0.25) is 0 Å². The van der Waals surface area contributed by atoms with E-state index >= 15 is 0 Å². The third-order valence-corrected chi connectivity index (χ3v) is 4.24. The molecule has 2 amide bonds. The van der Waals surface area contributed by atoms with Gasteiger partial charge in [0, 0.05) is 0 Å². The van der Waals surface area contributed by atoms with Gasteiger partial charge >= 0.3 is 0 Å². The topological polar surface area (TPSA) is 46.6 Å². The van der Waals surface area contributed by atoms with Crippen molar-refractivity contribution < 1.29 is 18.7 Å². The van der Waals surface area contributed by atoms with Crippen LogP contribution in [0.5, 0.6) is 5.75 Å². The average Bonchev–Trinajstić information content (AvgIpc) is 2.85. The Bertz CT molecular complexity index is 800. The Morgan fingerprint density at radius 2 is 1.75 bits per heavy atom. The summed E-state index contributed by atoms with van der Waals surface area (Å²) in [7, 11) is 0. The summed E-state index contributed by atoms with van der Waals surface area (Å²) in [4.78, 5) is 26.0. The number of carbonyl (C=O) groups excluding carboxylic acids is 2. The van der Waals surface area contributed by atoms with Crippen molar-refractivity contribution in [2.45, 2.75) is 6.92 Å². The standard InChI is InChI=1S/C18H14FNO3S/c1-2-23-15-9-3-12(4-10-15)11-16-17(21)20(18(22)24-16)14-7-5-13(19)6-8-14/h3-11H,2H2,1H3/b16-11-. The third kappa shape index (κ3) is 3.33. The molecule has 2 aromatic rings. The highest BCUT2D eigenvalue weighted by Crippen LogP contribution is 2.35. The molecule has 24 heavy (non-hydrogen) atoms. The number of halogens is 1. The number of hydrogen-bond donors (Lipinski definition) is 0. The van der Waals surface area contributed by atoms with Crippen LogP contribution in [0.3, 0.4) is 0 Å². The summed E-state index contributed by atoms with van der Waals surface area (Å²) in [5.74, 6) is -0.0878. The lowest BCUT2D eigenvalue weighted by atomic mass is 10.2. The molecule has 1 heterocycles. The third-order valence-electron chi connectivity index (χ3n) is 3.37. The van der Waals surface area contributed by atoms with Crippen LogP contribution in [-0.2, 0) is 4.79 Å². The number of nitrogens with zero attached hydrogens (tertiary/aromatic N) is 1. The van der Waals surface area contributed by atoms with Crippen molar-refractivity contribution >= 4 is 34.7 Å². The molecule has 2 aromatic carbocycles. The molecule has 0 radical (unpaired) electrons. The minimum absolute atomic E-state index is 0.327. The van der Waals surface area contributed by atoms with Crippen LogP contribution in [0.2, 0.25) is 0 Å². The van der Waals surface area contributed by atoms with Crippen LogP contribution < -0.4 is 9.64 Å². The van der Waals surface area contributed by atoms with Gasteiger partial charge in [-0.15, -0.1) is 0 Å². The van der Waals surface area contributed by atoms with Crippen molar-refractivity contribution in [2.75, 3.05) is 11.5 Å². The Morgan fingerprint density at radius 3 is 2.38 bits per heavy atom. The van der Waals surface area contributed by atoms with Gasteiger partial charge in [-0.1, -0.05) is 12.1 Å². The van der Waals surface area contributed by atoms with Gasteiger partial charge in [-0.3, -0.25) is 9.59 Å². The Labute approximate surface area is 142 Å². The molecule has 1 saturated heterocycles. The van der Waals surface area contributed by atoms with E-state index in [0.717, 1.165) is 28.0 Å². The van der Waals surface area contributed by atoms with Crippen molar-refractivity contribution in [3.05, 3.63) is 64.8 Å². The SMILES string of the molecule is CCOc1ccc(/C=C2\SC(=O)N(c3ccc(F)cc3)C2=O)cc1. The molecule has 0 saturated carbocycles. The number of thioether (sulfide) groups is 1. The first-order valence-corrected chi connectivity index (χ1v) is 8.16. The van der Waals surface area contributed by atoms with Crippen molar-refractivity contribution in [3.63, 3.8) is 0 Å². The Morgan fingerprint density at radius 1 is 1.08 bits per heavy atom. The molecule has 0 aromatic heterocycles. The number of ether oxygens (including phenoxy) is 1. The fraction of sp³-hybridized carbons (Fsp3) is 0.111. The zero-order chi connectivity index (χ0) is 17.1. The van der Waals surface area contributed by atoms with Crippen LogP contribution in [0, 0.1) is 5.82 Å². The van der Waals surface area contributed by atoms with E-state index in [9.17, 15) is 14.0 Å². The Kier molecular flexibility index (Phi) is 4.66. The molecule has 0 atom stereocenters. The zero-order valence-corrected chi connectivity index (χ0v) is 13.7. The van der Waals surface area contributed by atoms with E-state index in [1.54, 1.807) is 18.2 Å². The minimum atomic E-state index is -0.421. The lowest BCUT2D eigenvalue weighted by Crippen LogP contribution is -2.27. The quantitative estimate of drug-likeness (QED) is 0.769. The van der Waals surface area contributed by atoms with Gasteiger partial charge in [-0.2, -0.15) is 0 Å². The van der Waals surface area contributed by atoms with E-state index in [-0.39, 0.29) is 0 Å². The number of rotatable bonds is 4. The Balaban J connectivity index is 1.83.